The predicted octanol–water partition coefficient (Wildman–Crippen LogP) is 5.81. The Hall–Kier alpha value is -5.45. The van der Waals surface area contributed by atoms with E-state index in [0.717, 1.165) is 11.4 Å². The normalized spacial score (nSPS) is 14.3. The number of likely N-dealkylation sites (N-methyl/N-ethyl adjacent to an activating group) is 1. The summed E-state index contributed by atoms with van der Waals surface area (Å²) < 4.78 is 21.5. The molecule has 11 heteroatoms. The minimum Gasteiger partial charge on any atom is -0.462 e. The number of aliphatic imine (C=N–C) groups is 1. The highest BCUT2D eigenvalue weighted by Crippen LogP contribution is 2.32. The van der Waals surface area contributed by atoms with E-state index < -0.39 is 23.8 Å². The number of carbonyl (C=O) groups is 4. The van der Waals surface area contributed by atoms with Gasteiger partial charge in [0, 0.05) is 24.5 Å². The molecule has 4 rings (SSSR count). The SMILES string of the molecule is CCOC(=O)c1cc(C(=O)OCC)c(N=C2O/C(=C/CN(c3ccccc3)c3ccccc3)C(=O)N2CC)c(C(=O)OCC)c1. The number of rotatable bonds is 12. The molecule has 0 N–H and O–H groups in total. The fourth-order valence-electron chi connectivity index (χ4n) is 4.57. The van der Waals surface area contributed by atoms with E-state index in [1.165, 1.54) is 17.0 Å². The van der Waals surface area contributed by atoms with Crippen LogP contribution in [0.1, 0.15) is 58.8 Å². The molecule has 3 aromatic rings. The van der Waals surface area contributed by atoms with Gasteiger partial charge in [-0.3, -0.25) is 9.69 Å². The van der Waals surface area contributed by atoms with Crippen molar-refractivity contribution in [1.82, 2.24) is 4.90 Å². The molecule has 1 saturated heterocycles. The second kappa shape index (κ2) is 15.3. The van der Waals surface area contributed by atoms with E-state index in [0.29, 0.717) is 0 Å². The van der Waals surface area contributed by atoms with Gasteiger partial charge in [0.25, 0.3) is 5.91 Å². The number of anilines is 2. The molecule has 1 aliphatic heterocycles. The summed E-state index contributed by atoms with van der Waals surface area (Å²) in [6.07, 6.45) is 1.65. The highest BCUT2D eigenvalue weighted by molar-refractivity contribution is 6.12. The summed E-state index contributed by atoms with van der Waals surface area (Å²) in [5, 5.41) is 0. The maximum absolute atomic E-state index is 13.5. The van der Waals surface area contributed by atoms with Gasteiger partial charge in [0.2, 0.25) is 0 Å². The molecule has 1 aliphatic rings. The van der Waals surface area contributed by atoms with Gasteiger partial charge in [-0.05, 0) is 70.2 Å². The van der Waals surface area contributed by atoms with Crippen molar-refractivity contribution in [3.63, 3.8) is 0 Å². The fraction of sp³-hybridized carbons (Fsp3) is 0.265. The first-order valence-corrected chi connectivity index (χ1v) is 14.7. The maximum atomic E-state index is 13.5. The largest absolute Gasteiger partial charge is 0.462 e. The van der Waals surface area contributed by atoms with Crippen LogP contribution in [0.5, 0.6) is 0 Å². The Morgan fingerprint density at radius 3 is 1.73 bits per heavy atom. The molecule has 45 heavy (non-hydrogen) atoms. The van der Waals surface area contributed by atoms with Gasteiger partial charge < -0.3 is 23.8 Å². The third kappa shape index (κ3) is 7.56. The van der Waals surface area contributed by atoms with E-state index in [1.54, 1.807) is 33.8 Å². The van der Waals surface area contributed by atoms with Gasteiger partial charge in [0.1, 0.15) is 0 Å². The molecule has 0 radical (unpaired) electrons. The summed E-state index contributed by atoms with van der Waals surface area (Å²) in [5.74, 6) is -2.85. The van der Waals surface area contributed by atoms with Crippen molar-refractivity contribution in [2.24, 2.45) is 4.99 Å². The zero-order valence-corrected chi connectivity index (χ0v) is 25.6. The molecule has 0 aliphatic carbocycles. The Bertz CT molecular complexity index is 1520. The summed E-state index contributed by atoms with van der Waals surface area (Å²) in [6.45, 7) is 7.20. The number of hydrogen-bond donors (Lipinski definition) is 0. The van der Waals surface area contributed by atoms with Crippen molar-refractivity contribution in [2.45, 2.75) is 27.7 Å². The van der Waals surface area contributed by atoms with Crippen LogP contribution in [0, 0.1) is 0 Å². The molecule has 1 fully saturated rings. The lowest BCUT2D eigenvalue weighted by Gasteiger charge is -2.23. The first kappa shape index (κ1) is 32.5. The summed E-state index contributed by atoms with van der Waals surface area (Å²) in [6, 6.07) is 21.7. The number of benzene rings is 3. The molecule has 0 atom stereocenters. The summed E-state index contributed by atoms with van der Waals surface area (Å²) in [7, 11) is 0. The molecule has 234 valence electrons. The van der Waals surface area contributed by atoms with Crippen LogP contribution in [0.4, 0.5) is 17.1 Å². The van der Waals surface area contributed by atoms with Gasteiger partial charge in [0.05, 0.1) is 42.2 Å². The first-order valence-electron chi connectivity index (χ1n) is 14.7. The highest BCUT2D eigenvalue weighted by Gasteiger charge is 2.35. The van der Waals surface area contributed by atoms with Gasteiger partial charge >= 0.3 is 23.9 Å². The van der Waals surface area contributed by atoms with Crippen LogP contribution in [0.15, 0.2) is 89.6 Å². The lowest BCUT2D eigenvalue weighted by Crippen LogP contribution is -2.29. The minimum atomic E-state index is -0.835. The smallest absolute Gasteiger partial charge is 0.340 e. The van der Waals surface area contributed by atoms with Crippen molar-refractivity contribution < 1.29 is 38.1 Å². The van der Waals surface area contributed by atoms with E-state index >= 15 is 0 Å². The Morgan fingerprint density at radius 2 is 1.27 bits per heavy atom. The van der Waals surface area contributed by atoms with Crippen LogP contribution in [-0.4, -0.2) is 67.6 Å². The van der Waals surface area contributed by atoms with Crippen molar-refractivity contribution >= 4 is 46.9 Å². The van der Waals surface area contributed by atoms with E-state index in [1.807, 2.05) is 65.6 Å². The number of amidine groups is 1. The summed E-state index contributed by atoms with van der Waals surface area (Å²) in [4.78, 5) is 60.1. The third-order valence-electron chi connectivity index (χ3n) is 6.62. The second-order valence-electron chi connectivity index (χ2n) is 9.48. The lowest BCUT2D eigenvalue weighted by molar-refractivity contribution is -0.122. The minimum absolute atomic E-state index is 0.0194. The highest BCUT2D eigenvalue weighted by atomic mass is 16.5. The van der Waals surface area contributed by atoms with Crippen LogP contribution >= 0.6 is 0 Å². The van der Waals surface area contributed by atoms with Crippen LogP contribution in [0.25, 0.3) is 0 Å². The lowest BCUT2D eigenvalue weighted by atomic mass is 10.0. The number of ether oxygens (including phenoxy) is 4. The Balaban J connectivity index is 1.79. The van der Waals surface area contributed by atoms with E-state index in [9.17, 15) is 19.2 Å². The standard InChI is InChI=1S/C34H35N3O8/c1-5-36-30(38)28(19-20-37(24-15-11-9-12-16-24)25-17-13-10-14-18-25)45-34(36)35-29-26(32(40)43-7-3)21-23(31(39)42-6-2)22-27(29)33(41)44-8-4/h9-19,21-22H,5-8,20H2,1-4H3/b28-19+,35-34?. The van der Waals surface area contributed by atoms with Gasteiger partial charge in [-0.15, -0.1) is 0 Å². The van der Waals surface area contributed by atoms with E-state index in [2.05, 4.69) is 4.99 Å². The average molecular weight is 614 g/mol. The van der Waals surface area contributed by atoms with Crippen LogP contribution in [0.3, 0.4) is 0 Å². The zero-order chi connectivity index (χ0) is 32.3. The van der Waals surface area contributed by atoms with Crippen molar-refractivity contribution in [1.29, 1.82) is 0 Å². The number of esters is 3. The van der Waals surface area contributed by atoms with Gasteiger partial charge in [-0.25, -0.2) is 14.4 Å². The van der Waals surface area contributed by atoms with Crippen LogP contribution < -0.4 is 4.90 Å². The van der Waals surface area contributed by atoms with Gasteiger partial charge in [-0.1, -0.05) is 36.4 Å². The molecule has 11 nitrogen and oxygen atoms in total. The van der Waals surface area contributed by atoms with Crippen molar-refractivity contribution in [3.8, 4) is 0 Å². The van der Waals surface area contributed by atoms with Crippen molar-refractivity contribution in [3.05, 3.63) is 101 Å². The Morgan fingerprint density at radius 1 is 0.778 bits per heavy atom. The summed E-state index contributed by atoms with van der Waals surface area (Å²) in [5.41, 5.74) is 1.20. The topological polar surface area (TPSA) is 124 Å². The molecule has 1 amide bonds. The molecule has 0 unspecified atom stereocenters. The summed E-state index contributed by atoms with van der Waals surface area (Å²) >= 11 is 0. The molecular weight excluding hydrogens is 578 g/mol. The molecular formula is C34H35N3O8. The van der Waals surface area contributed by atoms with Crippen LogP contribution in [-0.2, 0) is 23.7 Å². The van der Waals surface area contributed by atoms with E-state index in [4.69, 9.17) is 18.9 Å². The quantitative estimate of drug-likeness (QED) is 0.141. The number of para-hydroxylation sites is 2. The third-order valence-corrected chi connectivity index (χ3v) is 6.62. The number of hydrogen-bond acceptors (Lipinski definition) is 10. The monoisotopic (exact) mass is 613 g/mol. The molecule has 1 heterocycles. The number of carbonyl (C=O) groups excluding carboxylic acids is 4. The number of nitrogens with zero attached hydrogens (tertiary/aromatic N) is 3. The fourth-order valence-corrected chi connectivity index (χ4v) is 4.57. The first-order chi connectivity index (χ1) is 21.8. The zero-order valence-electron chi connectivity index (χ0n) is 25.6. The van der Waals surface area contributed by atoms with Crippen LogP contribution in [0.2, 0.25) is 0 Å². The maximum Gasteiger partial charge on any atom is 0.340 e. The molecule has 0 bridgehead atoms. The Labute approximate surface area is 261 Å². The predicted molar refractivity (Wildman–Crippen MR) is 168 cm³/mol. The second-order valence-corrected chi connectivity index (χ2v) is 9.48. The van der Waals surface area contributed by atoms with E-state index in [-0.39, 0.29) is 67.1 Å². The Kier molecular flexibility index (Phi) is 11.1. The van der Waals surface area contributed by atoms with Gasteiger partial charge in [-0.2, -0.15) is 4.99 Å². The molecule has 0 spiro atoms. The average Bonchev–Trinajstić information content (AvgIpc) is 3.35. The molecule has 3 aromatic carbocycles. The molecule has 0 aromatic heterocycles. The molecule has 0 saturated carbocycles. The van der Waals surface area contributed by atoms with Gasteiger partial charge in [0.15, 0.2) is 5.76 Å². The number of amides is 1. The van der Waals surface area contributed by atoms with Crippen molar-refractivity contribution in [2.75, 3.05) is 37.8 Å².